The number of hydrogen-bond donors (Lipinski definition) is 2. The minimum absolute atomic E-state index is 0.0680. The fraction of sp³-hybridized carbons (Fsp3) is 0.280. The molecule has 156 valence electrons. The van der Waals surface area contributed by atoms with Gasteiger partial charge in [-0.3, -0.25) is 4.79 Å². The van der Waals surface area contributed by atoms with E-state index in [1.54, 1.807) is 19.3 Å². The number of ether oxygens (including phenoxy) is 1. The number of carbonyl (C=O) groups is 1. The van der Waals surface area contributed by atoms with Crippen LogP contribution >= 0.6 is 0 Å². The van der Waals surface area contributed by atoms with E-state index in [-0.39, 0.29) is 5.78 Å². The van der Waals surface area contributed by atoms with Crippen molar-refractivity contribution in [2.75, 3.05) is 7.11 Å². The Hall–Kier alpha value is -3.34. The lowest BCUT2D eigenvalue weighted by Gasteiger charge is -2.01. The molecular weight excluding hydrogens is 374 g/mol. The van der Waals surface area contributed by atoms with Gasteiger partial charge in [0, 0.05) is 23.9 Å². The molecular formula is C25H29N3O2. The molecule has 0 bridgehead atoms. The first-order valence-corrected chi connectivity index (χ1v) is 10.3. The molecule has 5 heteroatoms. The molecule has 3 heterocycles. The molecule has 0 saturated heterocycles. The normalized spacial score (nSPS) is 14.5. The molecule has 0 atom stereocenters. The third-order valence-electron chi connectivity index (χ3n) is 4.98. The van der Waals surface area contributed by atoms with Crippen molar-refractivity contribution in [1.82, 2.24) is 9.97 Å². The van der Waals surface area contributed by atoms with E-state index in [2.05, 4.69) is 35.3 Å². The summed E-state index contributed by atoms with van der Waals surface area (Å²) < 4.78 is 5.52. The molecule has 2 aromatic heterocycles. The number of nitrogens with zero attached hydrogens (tertiary/aromatic N) is 1. The Morgan fingerprint density at radius 3 is 2.70 bits per heavy atom. The highest BCUT2D eigenvalue weighted by atomic mass is 16.5. The number of Topliss-reactive ketones (excluding diaryl/α,β-unsaturated/α-hetero) is 1. The fourth-order valence-electron chi connectivity index (χ4n) is 3.34. The van der Waals surface area contributed by atoms with Crippen LogP contribution in [0.2, 0.25) is 0 Å². The van der Waals surface area contributed by atoms with Crippen molar-refractivity contribution in [3.8, 4) is 0 Å². The van der Waals surface area contributed by atoms with E-state index in [0.29, 0.717) is 24.3 Å². The first-order chi connectivity index (χ1) is 14.6. The Kier molecular flexibility index (Phi) is 7.44. The van der Waals surface area contributed by atoms with Gasteiger partial charge in [0.1, 0.15) is 11.5 Å². The summed E-state index contributed by atoms with van der Waals surface area (Å²) in [6.45, 7) is 7.43. The van der Waals surface area contributed by atoms with Crippen LogP contribution in [0.5, 0.6) is 0 Å². The number of carbonyl (C=O) groups excluding carboxylic acids is 1. The van der Waals surface area contributed by atoms with Crippen LogP contribution in [0.25, 0.3) is 6.08 Å². The van der Waals surface area contributed by atoms with E-state index in [0.717, 1.165) is 48.5 Å². The predicted molar refractivity (Wildman–Crippen MR) is 123 cm³/mol. The van der Waals surface area contributed by atoms with Crippen molar-refractivity contribution in [1.29, 1.82) is 0 Å². The second-order valence-electron chi connectivity index (χ2n) is 7.25. The van der Waals surface area contributed by atoms with Gasteiger partial charge in [0.2, 0.25) is 0 Å². The quantitative estimate of drug-likeness (QED) is 0.268. The smallest absolute Gasteiger partial charge is 0.179 e. The van der Waals surface area contributed by atoms with Gasteiger partial charge < -0.3 is 14.7 Å². The van der Waals surface area contributed by atoms with E-state index < -0.39 is 0 Å². The average molecular weight is 404 g/mol. The number of allylic oxidation sites excluding steroid dienone is 3. The third-order valence-corrected chi connectivity index (χ3v) is 4.98. The van der Waals surface area contributed by atoms with Crippen molar-refractivity contribution in [2.24, 2.45) is 4.99 Å². The number of aliphatic imine (C=N–C) groups is 1. The number of aryl methyl sites for hydroxylation is 1. The topological polar surface area (TPSA) is 70.2 Å². The number of rotatable bonds is 12. The van der Waals surface area contributed by atoms with Crippen LogP contribution < -0.4 is 0 Å². The lowest BCUT2D eigenvalue weighted by Crippen LogP contribution is -2.01. The first-order valence-electron chi connectivity index (χ1n) is 10.3. The molecule has 1 aliphatic heterocycles. The summed E-state index contributed by atoms with van der Waals surface area (Å²) in [5.74, 6) is 0.764. The van der Waals surface area contributed by atoms with Crippen molar-refractivity contribution >= 4 is 17.6 Å². The maximum absolute atomic E-state index is 12.2. The average Bonchev–Trinajstić information content (AvgIpc) is 3.49. The molecule has 0 aromatic carbocycles. The molecule has 0 saturated carbocycles. The minimum atomic E-state index is 0.0680. The van der Waals surface area contributed by atoms with Crippen LogP contribution in [0.15, 0.2) is 72.1 Å². The van der Waals surface area contributed by atoms with Gasteiger partial charge >= 0.3 is 0 Å². The third kappa shape index (κ3) is 5.38. The number of hydrogen-bond acceptors (Lipinski definition) is 3. The van der Waals surface area contributed by atoms with Gasteiger partial charge in [-0.05, 0) is 62.4 Å². The monoisotopic (exact) mass is 403 g/mol. The Bertz CT molecular complexity index is 1000. The second kappa shape index (κ2) is 10.4. The first kappa shape index (κ1) is 21.4. The summed E-state index contributed by atoms with van der Waals surface area (Å²) in [5.41, 5.74) is 5.08. The maximum atomic E-state index is 12.2. The molecule has 0 unspecified atom stereocenters. The number of nitrogens with one attached hydrogen (secondary N) is 2. The van der Waals surface area contributed by atoms with Crippen molar-refractivity contribution in [2.45, 2.75) is 38.5 Å². The summed E-state index contributed by atoms with van der Waals surface area (Å²) in [6, 6.07) is 7.85. The summed E-state index contributed by atoms with van der Waals surface area (Å²) in [6.07, 6.45) is 13.0. The number of H-pyrrole nitrogens is 2. The van der Waals surface area contributed by atoms with Crippen LogP contribution in [0.4, 0.5) is 0 Å². The van der Waals surface area contributed by atoms with E-state index >= 15 is 0 Å². The van der Waals surface area contributed by atoms with Gasteiger partial charge in [0.25, 0.3) is 0 Å². The van der Waals surface area contributed by atoms with Crippen LogP contribution in [-0.2, 0) is 11.2 Å². The Morgan fingerprint density at radius 2 is 1.93 bits per heavy atom. The van der Waals surface area contributed by atoms with Crippen molar-refractivity contribution in [3.63, 3.8) is 0 Å². The molecule has 2 aromatic rings. The highest BCUT2D eigenvalue weighted by molar-refractivity contribution is 6.11. The zero-order valence-electron chi connectivity index (χ0n) is 17.5. The highest BCUT2D eigenvalue weighted by Crippen LogP contribution is 2.25. The molecule has 0 radical (unpaired) electrons. The SMILES string of the molecule is C=CCCCCc1ccc(/C=C2\N=C(c3ccc(C(=O)CCC=C)[nH]3)C=C2OC)[nH]1. The molecule has 3 rings (SSSR count). The lowest BCUT2D eigenvalue weighted by atomic mass is 10.1. The summed E-state index contributed by atoms with van der Waals surface area (Å²) >= 11 is 0. The minimum Gasteiger partial charge on any atom is -0.494 e. The van der Waals surface area contributed by atoms with Gasteiger partial charge in [-0.1, -0.05) is 12.2 Å². The zero-order valence-corrected chi connectivity index (χ0v) is 17.5. The lowest BCUT2D eigenvalue weighted by molar-refractivity contribution is 0.0979. The van der Waals surface area contributed by atoms with E-state index in [9.17, 15) is 4.79 Å². The molecule has 2 N–H and O–H groups in total. The van der Waals surface area contributed by atoms with Gasteiger partial charge in [-0.2, -0.15) is 0 Å². The number of aromatic amines is 2. The maximum Gasteiger partial charge on any atom is 0.179 e. The predicted octanol–water partition coefficient (Wildman–Crippen LogP) is 5.76. The van der Waals surface area contributed by atoms with Crippen LogP contribution in [-0.4, -0.2) is 28.6 Å². The standard InChI is InChI=1S/C25H29N3O2/c1-4-6-8-9-10-18-12-13-19(26-18)16-23-25(30-3)17-22(28-23)20-14-15-21(27-20)24(29)11-7-5-2/h4-5,12-17,26-27H,1-2,6-11H2,3H3/b23-16-. The molecule has 5 nitrogen and oxygen atoms in total. The van der Waals surface area contributed by atoms with Gasteiger partial charge in [0.15, 0.2) is 5.78 Å². The molecule has 0 aliphatic carbocycles. The van der Waals surface area contributed by atoms with Crippen LogP contribution in [0.3, 0.4) is 0 Å². The fourth-order valence-corrected chi connectivity index (χ4v) is 3.34. The number of aromatic nitrogens is 2. The van der Waals surface area contributed by atoms with E-state index in [4.69, 9.17) is 9.73 Å². The summed E-state index contributed by atoms with van der Waals surface area (Å²) in [7, 11) is 1.64. The zero-order chi connectivity index (χ0) is 21.3. The second-order valence-corrected chi connectivity index (χ2v) is 7.25. The number of methoxy groups -OCH3 is 1. The summed E-state index contributed by atoms with van der Waals surface area (Å²) in [4.78, 5) is 23.5. The number of ketones is 1. The molecule has 0 spiro atoms. The Morgan fingerprint density at radius 1 is 1.10 bits per heavy atom. The molecule has 0 fully saturated rings. The van der Waals surface area contributed by atoms with Crippen LogP contribution in [0, 0.1) is 0 Å². The number of unbranched alkanes of at least 4 members (excludes halogenated alkanes) is 2. The van der Waals surface area contributed by atoms with Crippen molar-refractivity contribution in [3.05, 3.63) is 89.9 Å². The van der Waals surface area contributed by atoms with Gasteiger partial charge in [-0.15, -0.1) is 13.2 Å². The largest absolute Gasteiger partial charge is 0.494 e. The molecule has 30 heavy (non-hydrogen) atoms. The van der Waals surface area contributed by atoms with E-state index in [1.165, 1.54) is 5.69 Å². The van der Waals surface area contributed by atoms with Crippen molar-refractivity contribution < 1.29 is 9.53 Å². The molecule has 0 amide bonds. The molecule has 1 aliphatic rings. The highest BCUT2D eigenvalue weighted by Gasteiger charge is 2.19. The van der Waals surface area contributed by atoms with Crippen LogP contribution in [0.1, 0.15) is 59.7 Å². The Labute approximate surface area is 178 Å². The summed E-state index contributed by atoms with van der Waals surface area (Å²) in [5, 5.41) is 0. The Balaban J connectivity index is 1.72. The van der Waals surface area contributed by atoms with E-state index in [1.807, 2.05) is 24.3 Å². The van der Waals surface area contributed by atoms with Gasteiger partial charge in [0.05, 0.1) is 24.2 Å². The van der Waals surface area contributed by atoms with Gasteiger partial charge in [-0.25, -0.2) is 4.99 Å².